The molecule has 0 radical (unpaired) electrons. The zero-order valence-electron chi connectivity index (χ0n) is 17.1. The van der Waals surface area contributed by atoms with Gasteiger partial charge < -0.3 is 4.74 Å². The third-order valence-electron chi connectivity index (χ3n) is 5.17. The zero-order chi connectivity index (χ0) is 18.6. The van der Waals surface area contributed by atoms with Crippen molar-refractivity contribution in [3.63, 3.8) is 0 Å². The summed E-state index contributed by atoms with van der Waals surface area (Å²) < 4.78 is 8.83. The lowest BCUT2D eigenvalue weighted by Gasteiger charge is -2.08. The van der Waals surface area contributed by atoms with Crippen LogP contribution in [0.1, 0.15) is 109 Å². The van der Waals surface area contributed by atoms with E-state index in [4.69, 9.17) is 4.74 Å². The van der Waals surface area contributed by atoms with E-state index in [1.54, 1.807) is 4.88 Å². The van der Waals surface area contributed by atoms with E-state index in [0.29, 0.717) is 5.92 Å². The number of ether oxygens (including phenoxy) is 1. The van der Waals surface area contributed by atoms with Crippen LogP contribution in [0, 0.1) is 0 Å². The van der Waals surface area contributed by atoms with Gasteiger partial charge in [0.05, 0.1) is 6.61 Å². The van der Waals surface area contributed by atoms with Crippen LogP contribution in [0.3, 0.4) is 0 Å². The van der Waals surface area contributed by atoms with Crippen molar-refractivity contribution in [3.8, 4) is 5.06 Å². The van der Waals surface area contributed by atoms with Crippen LogP contribution >= 0.6 is 22.7 Å². The molecule has 0 amide bonds. The van der Waals surface area contributed by atoms with Gasteiger partial charge in [-0.3, -0.25) is 0 Å². The first-order valence-electron chi connectivity index (χ1n) is 10.9. The van der Waals surface area contributed by atoms with Gasteiger partial charge in [0.1, 0.15) is 0 Å². The molecule has 26 heavy (non-hydrogen) atoms. The van der Waals surface area contributed by atoms with Gasteiger partial charge >= 0.3 is 0 Å². The summed E-state index contributed by atoms with van der Waals surface area (Å²) in [5.41, 5.74) is 0. The van der Waals surface area contributed by atoms with Crippen molar-refractivity contribution in [2.75, 3.05) is 6.61 Å². The Morgan fingerprint density at radius 2 is 1.38 bits per heavy atom. The van der Waals surface area contributed by atoms with Crippen LogP contribution in [0.4, 0.5) is 0 Å². The van der Waals surface area contributed by atoms with Crippen LogP contribution in [0.25, 0.3) is 9.40 Å². The average Bonchev–Trinajstić information content (AvgIpc) is 3.19. The molecule has 148 valence electrons. The highest BCUT2D eigenvalue weighted by Gasteiger charge is 2.12. The largest absolute Gasteiger partial charge is 0.484 e. The van der Waals surface area contributed by atoms with Crippen LogP contribution in [-0.2, 0) is 0 Å². The first-order valence-corrected chi connectivity index (χ1v) is 12.5. The molecular weight excluding hydrogens is 356 g/mol. The normalized spacial score (nSPS) is 12.7. The molecule has 2 aromatic heterocycles. The Morgan fingerprint density at radius 1 is 0.769 bits per heavy atom. The smallest absolute Gasteiger partial charge is 0.175 e. The fourth-order valence-electron chi connectivity index (χ4n) is 3.40. The summed E-state index contributed by atoms with van der Waals surface area (Å²) in [6.07, 6.45) is 16.2. The molecule has 0 aliphatic rings. The highest BCUT2D eigenvalue weighted by Crippen LogP contribution is 2.40. The molecule has 2 heterocycles. The molecule has 1 atom stereocenters. The first-order chi connectivity index (χ1) is 12.7. The molecule has 0 aromatic carbocycles. The lowest BCUT2D eigenvalue weighted by molar-refractivity contribution is 0.313. The Hall–Kier alpha value is -0.540. The highest BCUT2D eigenvalue weighted by atomic mass is 32.1. The van der Waals surface area contributed by atoms with Gasteiger partial charge in [0, 0.05) is 20.3 Å². The molecule has 3 heteroatoms. The van der Waals surface area contributed by atoms with Gasteiger partial charge in [0.25, 0.3) is 0 Å². The third-order valence-corrected chi connectivity index (χ3v) is 7.61. The van der Waals surface area contributed by atoms with Crippen molar-refractivity contribution in [1.29, 1.82) is 0 Å². The molecule has 2 rings (SSSR count). The average molecular weight is 395 g/mol. The van der Waals surface area contributed by atoms with Gasteiger partial charge in [-0.2, -0.15) is 0 Å². The van der Waals surface area contributed by atoms with Crippen molar-refractivity contribution < 1.29 is 4.74 Å². The maximum atomic E-state index is 6.00. The van der Waals surface area contributed by atoms with Crippen molar-refractivity contribution in [1.82, 2.24) is 0 Å². The number of fused-ring (bicyclic) bond motifs is 1. The number of thiophene rings is 2. The molecule has 1 nitrogen and oxygen atoms in total. The Kier molecular flexibility index (Phi) is 10.7. The number of unbranched alkanes of at least 4 members (excludes halogenated alkanes) is 9. The highest BCUT2D eigenvalue weighted by molar-refractivity contribution is 7.28. The molecular formula is C23H38OS2. The van der Waals surface area contributed by atoms with Gasteiger partial charge in [0.15, 0.2) is 5.06 Å². The number of hydrogen-bond acceptors (Lipinski definition) is 3. The second-order valence-electron chi connectivity index (χ2n) is 7.66. The van der Waals surface area contributed by atoms with Gasteiger partial charge in [-0.15, -0.1) is 11.3 Å². The topological polar surface area (TPSA) is 9.23 Å². The summed E-state index contributed by atoms with van der Waals surface area (Å²) in [5, 5.41) is 1.11. The predicted molar refractivity (Wildman–Crippen MR) is 120 cm³/mol. The molecule has 0 fully saturated rings. The molecule has 0 aliphatic carbocycles. The molecule has 0 saturated carbocycles. The predicted octanol–water partition coefficient (Wildman–Crippen LogP) is 9.17. The first kappa shape index (κ1) is 21.8. The molecule has 0 bridgehead atoms. The number of rotatable bonds is 15. The van der Waals surface area contributed by atoms with E-state index < -0.39 is 0 Å². The van der Waals surface area contributed by atoms with Gasteiger partial charge in [-0.05, 0) is 24.8 Å². The molecule has 0 N–H and O–H groups in total. The lowest BCUT2D eigenvalue weighted by atomic mass is 10.0. The van der Waals surface area contributed by atoms with Crippen LogP contribution in [-0.4, -0.2) is 6.61 Å². The SMILES string of the molecule is CCCCCCCCCCOc1cc2sc(C(C)CCCCC)cc2s1. The van der Waals surface area contributed by atoms with E-state index >= 15 is 0 Å². The van der Waals surface area contributed by atoms with Crippen LogP contribution in [0.15, 0.2) is 12.1 Å². The third kappa shape index (κ3) is 7.60. The lowest BCUT2D eigenvalue weighted by Crippen LogP contribution is -1.95. The molecule has 0 spiro atoms. The van der Waals surface area contributed by atoms with Crippen molar-refractivity contribution in [2.24, 2.45) is 0 Å². The van der Waals surface area contributed by atoms with E-state index in [0.717, 1.165) is 11.7 Å². The van der Waals surface area contributed by atoms with E-state index in [-0.39, 0.29) is 0 Å². The second-order valence-corrected chi connectivity index (χ2v) is 9.82. The quantitative estimate of drug-likeness (QED) is 0.273. The van der Waals surface area contributed by atoms with Crippen LogP contribution < -0.4 is 4.74 Å². The second kappa shape index (κ2) is 12.8. The van der Waals surface area contributed by atoms with Crippen LogP contribution in [0.2, 0.25) is 0 Å². The maximum Gasteiger partial charge on any atom is 0.175 e. The van der Waals surface area contributed by atoms with Crippen molar-refractivity contribution in [2.45, 2.75) is 104 Å². The van der Waals surface area contributed by atoms with Gasteiger partial charge in [-0.1, -0.05) is 96.3 Å². The standard InChI is InChI=1S/C23H38OS2/c1-4-6-8-9-10-11-12-14-16-24-23-18-22-21(26-23)17-20(25-22)19(3)15-13-7-5-2/h17-19H,4-16H2,1-3H3. The molecule has 0 saturated heterocycles. The Labute approximate surface area is 169 Å². The van der Waals surface area contributed by atoms with Crippen molar-refractivity contribution >= 4 is 32.1 Å². The minimum Gasteiger partial charge on any atom is -0.484 e. The Balaban J connectivity index is 1.64. The van der Waals surface area contributed by atoms with Crippen LogP contribution in [0.5, 0.6) is 5.06 Å². The summed E-state index contributed by atoms with van der Waals surface area (Å²) in [5.74, 6) is 0.702. The summed E-state index contributed by atoms with van der Waals surface area (Å²) in [7, 11) is 0. The fraction of sp³-hybridized carbons (Fsp3) is 0.739. The Morgan fingerprint density at radius 3 is 2.08 bits per heavy atom. The minimum absolute atomic E-state index is 0.702. The molecule has 0 aliphatic heterocycles. The fourth-order valence-corrected chi connectivity index (χ4v) is 5.75. The van der Waals surface area contributed by atoms with Crippen molar-refractivity contribution in [3.05, 3.63) is 17.0 Å². The number of hydrogen-bond donors (Lipinski definition) is 0. The minimum atomic E-state index is 0.702. The van der Waals surface area contributed by atoms with E-state index in [9.17, 15) is 0 Å². The van der Waals surface area contributed by atoms with E-state index in [1.165, 1.54) is 86.4 Å². The summed E-state index contributed by atoms with van der Waals surface area (Å²) in [4.78, 5) is 1.55. The summed E-state index contributed by atoms with van der Waals surface area (Å²) >= 11 is 3.80. The van der Waals surface area contributed by atoms with E-state index in [1.807, 2.05) is 22.7 Å². The van der Waals surface area contributed by atoms with E-state index in [2.05, 4.69) is 32.9 Å². The van der Waals surface area contributed by atoms with Gasteiger partial charge in [-0.25, -0.2) is 0 Å². The summed E-state index contributed by atoms with van der Waals surface area (Å²) in [6.45, 7) is 7.82. The monoisotopic (exact) mass is 394 g/mol. The Bertz CT molecular complexity index is 567. The summed E-state index contributed by atoms with van der Waals surface area (Å²) in [6, 6.07) is 4.67. The zero-order valence-corrected chi connectivity index (χ0v) is 18.8. The van der Waals surface area contributed by atoms with Gasteiger partial charge in [0.2, 0.25) is 0 Å². The molecule has 1 unspecified atom stereocenters. The molecule has 2 aromatic rings. The maximum absolute atomic E-state index is 6.00.